The maximum absolute atomic E-state index is 9.55. The van der Waals surface area contributed by atoms with Crippen LogP contribution in [0.15, 0.2) is 30.3 Å². The molecule has 5 nitrogen and oxygen atoms in total. The summed E-state index contributed by atoms with van der Waals surface area (Å²) in [4.78, 5) is 0. The van der Waals surface area contributed by atoms with Crippen LogP contribution < -0.4 is 22.2 Å². The zero-order valence-electron chi connectivity index (χ0n) is 6.55. The maximum atomic E-state index is 9.55. The summed E-state index contributed by atoms with van der Waals surface area (Å²) in [6.45, 7) is 0. The highest BCUT2D eigenvalue weighted by Gasteiger charge is 1.90. The van der Waals surface area contributed by atoms with Gasteiger partial charge < -0.3 is 5.73 Å². The van der Waals surface area contributed by atoms with Crippen molar-refractivity contribution in [3.8, 4) is 0 Å². The van der Waals surface area contributed by atoms with Crippen LogP contribution in [0.1, 0.15) is 0 Å². The lowest BCUT2D eigenvalue weighted by Crippen LogP contribution is -2.12. The van der Waals surface area contributed by atoms with Crippen LogP contribution in [0.3, 0.4) is 0 Å². The monoisotopic (exact) mass is 188 g/mol. The van der Waals surface area contributed by atoms with E-state index in [0.29, 0.717) is 0 Å². The third-order valence-corrected chi connectivity index (χ3v) is 0.800. The maximum Gasteiger partial charge on any atom is 0.271 e. The van der Waals surface area contributed by atoms with E-state index in [1.54, 1.807) is 0 Å². The highest BCUT2D eigenvalue weighted by molar-refractivity contribution is 7.56. The molecule has 0 aliphatic carbocycles. The summed E-state index contributed by atoms with van der Waals surface area (Å²) in [5.41, 5.74) is 19.6. The quantitative estimate of drug-likeness (QED) is 0.343. The molecular weight excluding hydrogens is 175 g/mol. The number of hydrogen-bond donors (Lipinski definition) is 4. The Balaban J connectivity index is 0.000000217. The molecule has 1 rings (SSSR count). The van der Waals surface area contributed by atoms with Gasteiger partial charge in [0.2, 0.25) is 0 Å². The molecule has 6 heteroatoms. The van der Waals surface area contributed by atoms with Gasteiger partial charge in [0, 0.05) is 5.69 Å². The van der Waals surface area contributed by atoms with Crippen LogP contribution in [0.5, 0.6) is 0 Å². The molecule has 0 heterocycles. The summed E-state index contributed by atoms with van der Waals surface area (Å²) in [5, 5.41) is 0. The van der Waals surface area contributed by atoms with Gasteiger partial charge in [0.1, 0.15) is 0 Å². The summed E-state index contributed by atoms with van der Waals surface area (Å²) >= 11 is 0. The lowest BCUT2D eigenvalue weighted by Gasteiger charge is -1.88. The lowest BCUT2D eigenvalue weighted by atomic mass is 10.3. The molecule has 0 amide bonds. The van der Waals surface area contributed by atoms with Gasteiger partial charge in [-0.25, -0.2) is 0 Å². The van der Waals surface area contributed by atoms with Crippen LogP contribution in [-0.2, 0) is 4.57 Å². The third-order valence-electron chi connectivity index (χ3n) is 0.800. The largest absolute Gasteiger partial charge is 0.399 e. The standard InChI is InChI=1S/C6H7N.H6N3OP/c7-6-4-2-1-3-5-6;1-5(2,3)4/h1-5H,7H2;(H6,1,2,3,4). The van der Waals surface area contributed by atoms with Gasteiger partial charge >= 0.3 is 0 Å². The SMILES string of the molecule is NP(N)(N)=O.Nc1ccccc1. The average molecular weight is 188 g/mol. The second-order valence-electron chi connectivity index (χ2n) is 2.17. The Labute approximate surface area is 71.3 Å². The molecule has 0 bridgehead atoms. The number of rotatable bonds is 0. The van der Waals surface area contributed by atoms with Crippen LogP contribution in [0.2, 0.25) is 0 Å². The lowest BCUT2D eigenvalue weighted by molar-refractivity contribution is 0.577. The van der Waals surface area contributed by atoms with Crippen molar-refractivity contribution in [3.05, 3.63) is 30.3 Å². The van der Waals surface area contributed by atoms with Crippen LogP contribution in [-0.4, -0.2) is 0 Å². The van der Waals surface area contributed by atoms with Gasteiger partial charge in [0.25, 0.3) is 7.59 Å². The number of para-hydroxylation sites is 1. The van der Waals surface area contributed by atoms with E-state index in [2.05, 4.69) is 16.5 Å². The van der Waals surface area contributed by atoms with Crippen molar-refractivity contribution in [2.45, 2.75) is 0 Å². The molecule has 0 aromatic heterocycles. The van der Waals surface area contributed by atoms with E-state index in [4.69, 9.17) is 5.73 Å². The molecule has 0 saturated heterocycles. The molecule has 8 N–H and O–H groups in total. The summed E-state index contributed by atoms with van der Waals surface area (Å²) in [5.74, 6) is 0. The number of anilines is 1. The number of nitrogen functional groups attached to an aromatic ring is 1. The Morgan fingerprint density at radius 3 is 1.50 bits per heavy atom. The molecule has 0 spiro atoms. The molecule has 0 saturated carbocycles. The minimum atomic E-state index is -3.14. The number of benzene rings is 1. The van der Waals surface area contributed by atoms with Crippen LogP contribution in [0.4, 0.5) is 5.69 Å². The van der Waals surface area contributed by atoms with E-state index >= 15 is 0 Å². The first-order valence-corrected chi connectivity index (χ1v) is 5.07. The molecule has 0 fully saturated rings. The van der Waals surface area contributed by atoms with Gasteiger partial charge in [-0.1, -0.05) is 18.2 Å². The van der Waals surface area contributed by atoms with Crippen LogP contribution in [0, 0.1) is 0 Å². The minimum absolute atomic E-state index is 0.822. The van der Waals surface area contributed by atoms with Gasteiger partial charge in [0.05, 0.1) is 0 Å². The fraction of sp³-hybridized carbons (Fsp3) is 0. The van der Waals surface area contributed by atoms with Gasteiger partial charge in [0.15, 0.2) is 0 Å². The smallest absolute Gasteiger partial charge is 0.271 e. The average Bonchev–Trinajstić information content (AvgIpc) is 1.85. The topological polar surface area (TPSA) is 121 Å². The van der Waals surface area contributed by atoms with E-state index in [-0.39, 0.29) is 0 Å². The number of nitrogens with two attached hydrogens (primary N) is 4. The van der Waals surface area contributed by atoms with E-state index in [0.717, 1.165) is 5.69 Å². The fourth-order valence-corrected chi connectivity index (χ4v) is 0.453. The Hall–Kier alpha value is -0.870. The summed E-state index contributed by atoms with van der Waals surface area (Å²) in [6, 6.07) is 9.49. The first-order chi connectivity index (χ1) is 5.39. The normalized spacial score (nSPS) is 9.92. The molecule has 1 aromatic carbocycles. The van der Waals surface area contributed by atoms with E-state index in [1.807, 2.05) is 30.3 Å². The molecule has 0 unspecified atom stereocenters. The zero-order valence-corrected chi connectivity index (χ0v) is 7.45. The highest BCUT2D eigenvalue weighted by atomic mass is 31.2. The van der Waals surface area contributed by atoms with Crippen molar-refractivity contribution in [1.82, 2.24) is 0 Å². The molecule has 0 aliphatic heterocycles. The molecule has 1 aromatic rings. The van der Waals surface area contributed by atoms with E-state index < -0.39 is 7.59 Å². The summed E-state index contributed by atoms with van der Waals surface area (Å²) in [7, 11) is -3.14. The van der Waals surface area contributed by atoms with Gasteiger partial charge in [-0.2, -0.15) is 0 Å². The Morgan fingerprint density at radius 2 is 1.33 bits per heavy atom. The zero-order chi connectivity index (χ0) is 9.61. The van der Waals surface area contributed by atoms with E-state index in [1.165, 1.54) is 0 Å². The predicted molar refractivity (Wildman–Crippen MR) is 51.0 cm³/mol. The summed E-state index contributed by atoms with van der Waals surface area (Å²) in [6.07, 6.45) is 0. The van der Waals surface area contributed by atoms with Crippen molar-refractivity contribution < 1.29 is 4.57 Å². The minimum Gasteiger partial charge on any atom is -0.399 e. The van der Waals surface area contributed by atoms with Crippen molar-refractivity contribution in [1.29, 1.82) is 0 Å². The highest BCUT2D eigenvalue weighted by Crippen LogP contribution is 2.06. The fourth-order valence-electron chi connectivity index (χ4n) is 0.453. The Kier molecular flexibility index (Phi) is 4.54. The molecule has 68 valence electrons. The third kappa shape index (κ3) is 11.9. The van der Waals surface area contributed by atoms with Crippen molar-refractivity contribution in [2.75, 3.05) is 5.73 Å². The molecular formula is C6H13N4OP. The summed E-state index contributed by atoms with van der Waals surface area (Å²) < 4.78 is 9.55. The molecule has 0 atom stereocenters. The first-order valence-electron chi connectivity index (χ1n) is 3.16. The first kappa shape index (κ1) is 11.1. The molecule has 0 aliphatic rings. The van der Waals surface area contributed by atoms with Gasteiger partial charge in [-0.05, 0) is 12.1 Å². The van der Waals surface area contributed by atoms with Crippen molar-refractivity contribution >= 4 is 13.3 Å². The predicted octanol–water partition coefficient (Wildman–Crippen LogP) is 0.239. The molecule has 0 radical (unpaired) electrons. The van der Waals surface area contributed by atoms with E-state index in [9.17, 15) is 4.57 Å². The van der Waals surface area contributed by atoms with Crippen LogP contribution in [0.25, 0.3) is 0 Å². The molecule has 12 heavy (non-hydrogen) atoms. The van der Waals surface area contributed by atoms with Gasteiger partial charge in [-0.3, -0.25) is 21.1 Å². The number of hydrogen-bond acceptors (Lipinski definition) is 2. The van der Waals surface area contributed by atoms with Crippen molar-refractivity contribution in [3.63, 3.8) is 0 Å². The second kappa shape index (κ2) is 4.90. The van der Waals surface area contributed by atoms with Gasteiger partial charge in [-0.15, -0.1) is 0 Å². The Morgan fingerprint density at radius 1 is 1.00 bits per heavy atom. The van der Waals surface area contributed by atoms with Crippen molar-refractivity contribution in [2.24, 2.45) is 16.5 Å². The Bertz CT molecular complexity index is 249. The van der Waals surface area contributed by atoms with Crippen LogP contribution >= 0.6 is 7.59 Å². The second-order valence-corrected chi connectivity index (χ2v) is 3.70.